The van der Waals surface area contributed by atoms with E-state index >= 15 is 0 Å². The average molecular weight is 237 g/mol. The molecular weight excluding hydrogens is 234 g/mol. The lowest BCUT2D eigenvalue weighted by Gasteiger charge is -1.95. The molecule has 0 aliphatic heterocycles. The second kappa shape index (κ2) is 3.32. The third-order valence-electron chi connectivity index (χ3n) is 1.15. The van der Waals surface area contributed by atoms with E-state index in [1.165, 1.54) is 12.1 Å². The van der Waals surface area contributed by atoms with Crippen molar-refractivity contribution >= 4 is 32.2 Å². The van der Waals surface area contributed by atoms with Gasteiger partial charge >= 0.3 is 0 Å². The normalized spacial score (nSPS) is 9.73. The van der Waals surface area contributed by atoms with Crippen LogP contribution >= 0.6 is 27.5 Å². The van der Waals surface area contributed by atoms with Crippen molar-refractivity contribution in [2.75, 3.05) is 0 Å². The highest BCUT2D eigenvalue weighted by Crippen LogP contribution is 2.17. The molecule has 0 saturated heterocycles. The Hall–Kier alpha value is -0.410. The highest BCUT2D eigenvalue weighted by atomic mass is 79.9. The maximum Gasteiger partial charge on any atom is 0.228 e. The minimum Gasteiger partial charge on any atom is -0.281 e. The summed E-state index contributed by atoms with van der Waals surface area (Å²) in [7, 11) is 0. The number of hydrogen-bond acceptors (Lipinski definition) is 1. The van der Waals surface area contributed by atoms with Gasteiger partial charge in [0.25, 0.3) is 0 Å². The van der Waals surface area contributed by atoms with Gasteiger partial charge in [-0.05, 0) is 34.1 Å². The Bertz CT molecular complexity index is 300. The summed E-state index contributed by atoms with van der Waals surface area (Å²) < 4.78 is 12.2. The zero-order valence-corrected chi connectivity index (χ0v) is 7.62. The van der Waals surface area contributed by atoms with E-state index < -0.39 is 5.82 Å². The van der Waals surface area contributed by atoms with Crippen LogP contribution in [0.1, 0.15) is 10.4 Å². The first kappa shape index (κ1) is 8.68. The van der Waals surface area contributed by atoms with Crippen molar-refractivity contribution in [2.24, 2.45) is 0 Å². The van der Waals surface area contributed by atoms with Crippen molar-refractivity contribution in [1.82, 2.24) is 0 Å². The van der Waals surface area contributed by atoms with Crippen LogP contribution in [0.3, 0.4) is 0 Å². The molecule has 0 N–H and O–H groups in total. The van der Waals surface area contributed by atoms with Gasteiger partial charge in [0.15, 0.2) is 0 Å². The van der Waals surface area contributed by atoms with Crippen LogP contribution in [-0.2, 0) is 0 Å². The van der Waals surface area contributed by atoms with Crippen LogP contribution in [0.5, 0.6) is 0 Å². The fourth-order valence-corrected chi connectivity index (χ4v) is 1.05. The third-order valence-corrected chi connectivity index (χ3v) is 1.89. The first-order chi connectivity index (χ1) is 5.11. The van der Waals surface area contributed by atoms with E-state index in [1.54, 1.807) is 0 Å². The van der Waals surface area contributed by atoms with Crippen LogP contribution in [-0.4, -0.2) is 4.69 Å². The highest BCUT2D eigenvalue weighted by Gasteiger charge is 2.04. The molecule has 0 radical (unpaired) electrons. The van der Waals surface area contributed by atoms with Gasteiger partial charge in [0.2, 0.25) is 4.69 Å². The number of carbonyl (C=O) groups excluding carboxylic acids is 1. The van der Waals surface area contributed by atoms with Gasteiger partial charge in [0, 0.05) is 5.56 Å². The molecule has 0 heterocycles. The quantitative estimate of drug-likeness (QED) is 0.686. The molecule has 1 nitrogen and oxygen atoms in total. The second-order valence-electron chi connectivity index (χ2n) is 1.90. The molecule has 0 saturated carbocycles. The molecule has 1 aromatic carbocycles. The molecule has 4 heteroatoms. The van der Waals surface area contributed by atoms with Gasteiger partial charge in [0.05, 0.1) is 5.02 Å². The van der Waals surface area contributed by atoms with Gasteiger partial charge < -0.3 is 0 Å². The van der Waals surface area contributed by atoms with Crippen molar-refractivity contribution in [3.05, 3.63) is 34.6 Å². The van der Waals surface area contributed by atoms with Crippen molar-refractivity contribution in [1.29, 1.82) is 0 Å². The van der Waals surface area contributed by atoms with E-state index in [-0.39, 0.29) is 9.72 Å². The summed E-state index contributed by atoms with van der Waals surface area (Å²) in [6.07, 6.45) is 0. The van der Waals surface area contributed by atoms with Crippen LogP contribution in [0.4, 0.5) is 4.39 Å². The summed E-state index contributed by atoms with van der Waals surface area (Å²) in [5.74, 6) is -0.524. The largest absolute Gasteiger partial charge is 0.281 e. The summed E-state index contributed by atoms with van der Waals surface area (Å²) in [6, 6.07) is 3.78. The van der Waals surface area contributed by atoms with Crippen molar-refractivity contribution in [3.63, 3.8) is 0 Å². The zero-order chi connectivity index (χ0) is 8.43. The number of halogens is 3. The van der Waals surface area contributed by atoms with Gasteiger partial charge in [-0.1, -0.05) is 11.6 Å². The van der Waals surface area contributed by atoms with E-state index in [0.29, 0.717) is 5.56 Å². The summed E-state index contributed by atoms with van der Waals surface area (Å²) >= 11 is 8.13. The van der Waals surface area contributed by atoms with Crippen LogP contribution < -0.4 is 0 Å². The van der Waals surface area contributed by atoms with Crippen LogP contribution in [0.2, 0.25) is 5.02 Å². The van der Waals surface area contributed by atoms with Crippen molar-refractivity contribution in [3.8, 4) is 0 Å². The minimum atomic E-state index is -0.524. The summed E-state index contributed by atoms with van der Waals surface area (Å²) in [4.78, 5) is 10.6. The molecule has 0 aromatic heterocycles. The smallest absolute Gasteiger partial charge is 0.228 e. The molecule has 0 amide bonds. The Labute approximate surface area is 76.3 Å². The lowest BCUT2D eigenvalue weighted by atomic mass is 10.2. The maximum atomic E-state index is 12.5. The topological polar surface area (TPSA) is 17.1 Å². The zero-order valence-electron chi connectivity index (χ0n) is 5.27. The predicted octanol–water partition coefficient (Wildman–Crippen LogP) is 3.01. The molecular formula is C7H3BrClFO. The molecule has 11 heavy (non-hydrogen) atoms. The number of hydrogen-bond donors (Lipinski definition) is 0. The number of benzene rings is 1. The summed E-state index contributed by atoms with van der Waals surface area (Å²) in [5.41, 5.74) is 0.344. The van der Waals surface area contributed by atoms with E-state index in [9.17, 15) is 9.18 Å². The Morgan fingerprint density at radius 2 is 2.18 bits per heavy atom. The summed E-state index contributed by atoms with van der Waals surface area (Å²) in [5, 5.41) is -0.0460. The number of rotatable bonds is 1. The molecule has 0 aliphatic rings. The minimum absolute atomic E-state index is 0.0460. The van der Waals surface area contributed by atoms with Gasteiger partial charge in [-0.15, -0.1) is 0 Å². The Kier molecular flexibility index (Phi) is 2.62. The molecule has 1 aromatic rings. The molecule has 0 unspecified atom stereocenters. The van der Waals surface area contributed by atoms with Crippen molar-refractivity contribution in [2.45, 2.75) is 0 Å². The maximum absolute atomic E-state index is 12.5. The van der Waals surface area contributed by atoms with Crippen molar-refractivity contribution < 1.29 is 9.18 Å². The van der Waals surface area contributed by atoms with Crippen LogP contribution in [0.25, 0.3) is 0 Å². The molecule has 0 spiro atoms. The fourth-order valence-electron chi connectivity index (χ4n) is 0.618. The molecule has 0 atom stereocenters. The Balaban J connectivity index is 3.15. The van der Waals surface area contributed by atoms with Gasteiger partial charge in [-0.25, -0.2) is 4.39 Å². The second-order valence-corrected chi connectivity index (χ2v) is 3.03. The van der Waals surface area contributed by atoms with E-state index in [2.05, 4.69) is 15.9 Å². The molecule has 58 valence electrons. The van der Waals surface area contributed by atoms with Crippen LogP contribution in [0, 0.1) is 5.82 Å². The monoisotopic (exact) mass is 236 g/mol. The SMILES string of the molecule is O=C(Br)c1ccc(F)c(Cl)c1. The summed E-state index contributed by atoms with van der Waals surface area (Å²) in [6.45, 7) is 0. The number of carbonyl (C=O) groups is 1. The lowest BCUT2D eigenvalue weighted by Crippen LogP contribution is -1.88. The van der Waals surface area contributed by atoms with Gasteiger partial charge in [0.1, 0.15) is 5.82 Å². The molecule has 0 bridgehead atoms. The Morgan fingerprint density at radius 1 is 1.55 bits per heavy atom. The highest BCUT2D eigenvalue weighted by molar-refractivity contribution is 9.18. The fraction of sp³-hybridized carbons (Fsp3) is 0. The predicted molar refractivity (Wildman–Crippen MR) is 44.7 cm³/mol. The lowest BCUT2D eigenvalue weighted by molar-refractivity contribution is 0.109. The average Bonchev–Trinajstić information content (AvgIpc) is 1.94. The van der Waals surface area contributed by atoms with E-state index in [1.807, 2.05) is 0 Å². The molecule has 1 rings (SSSR count). The molecule has 0 fully saturated rings. The van der Waals surface area contributed by atoms with E-state index in [4.69, 9.17) is 11.6 Å². The van der Waals surface area contributed by atoms with Crippen LogP contribution in [0.15, 0.2) is 18.2 Å². The third kappa shape index (κ3) is 2.01. The van der Waals surface area contributed by atoms with Gasteiger partial charge in [-0.3, -0.25) is 4.79 Å². The first-order valence-corrected chi connectivity index (χ1v) is 3.93. The van der Waals surface area contributed by atoms with Gasteiger partial charge in [-0.2, -0.15) is 0 Å². The standard InChI is InChI=1S/C7H3BrClFO/c8-7(11)4-1-2-6(10)5(9)3-4/h1-3H. The molecule has 0 aliphatic carbocycles. The Morgan fingerprint density at radius 3 is 2.64 bits per heavy atom. The van der Waals surface area contributed by atoms with E-state index in [0.717, 1.165) is 6.07 Å². The first-order valence-electron chi connectivity index (χ1n) is 2.76.